The summed E-state index contributed by atoms with van der Waals surface area (Å²) in [7, 11) is 0. The predicted molar refractivity (Wildman–Crippen MR) is 65.1 cm³/mol. The van der Waals surface area contributed by atoms with Gasteiger partial charge in [0.1, 0.15) is 0 Å². The summed E-state index contributed by atoms with van der Waals surface area (Å²) in [5, 5.41) is 8.88. The zero-order valence-corrected chi connectivity index (χ0v) is 11.4. The molecule has 2 rings (SSSR count). The van der Waals surface area contributed by atoms with E-state index in [0.717, 1.165) is 0 Å². The van der Waals surface area contributed by atoms with E-state index < -0.39 is 11.9 Å². The zero-order chi connectivity index (χ0) is 13.7. The summed E-state index contributed by atoms with van der Waals surface area (Å²) in [6, 6.07) is 0. The number of carboxylic acid groups (broad SMARTS) is 1. The van der Waals surface area contributed by atoms with Crippen LogP contribution in [0.3, 0.4) is 0 Å². The van der Waals surface area contributed by atoms with Crippen molar-refractivity contribution in [2.24, 2.45) is 11.8 Å². The fraction of sp³-hybridized carbons (Fsp3) is 0.846. The van der Waals surface area contributed by atoms with E-state index in [-0.39, 0.29) is 23.0 Å². The Balaban J connectivity index is 2.05. The molecule has 1 N–H and O–H groups in total. The van der Waals surface area contributed by atoms with Gasteiger partial charge in [0.15, 0.2) is 0 Å². The number of carbonyl (C=O) groups is 2. The number of ether oxygens (including phenoxy) is 1. The fourth-order valence-corrected chi connectivity index (χ4v) is 2.92. The Bertz CT molecular complexity index is 372. The number of amides is 1. The number of carboxylic acids is 1. The largest absolute Gasteiger partial charge is 0.481 e. The van der Waals surface area contributed by atoms with E-state index in [1.165, 1.54) is 0 Å². The van der Waals surface area contributed by atoms with Crippen LogP contribution in [-0.2, 0) is 14.3 Å². The summed E-state index contributed by atoms with van der Waals surface area (Å²) < 4.78 is 5.91. The Labute approximate surface area is 107 Å². The summed E-state index contributed by atoms with van der Waals surface area (Å²) in [4.78, 5) is 24.8. The van der Waals surface area contributed by atoms with Crippen molar-refractivity contribution in [3.8, 4) is 0 Å². The van der Waals surface area contributed by atoms with Gasteiger partial charge in [-0.25, -0.2) is 0 Å². The van der Waals surface area contributed by atoms with Gasteiger partial charge in [0.05, 0.1) is 23.0 Å². The summed E-state index contributed by atoms with van der Waals surface area (Å²) in [6.07, 6.45) is 0.479. The number of rotatable bonds is 2. The van der Waals surface area contributed by atoms with Crippen molar-refractivity contribution in [2.45, 2.75) is 45.3 Å². The van der Waals surface area contributed by atoms with Gasteiger partial charge in [0.25, 0.3) is 0 Å². The molecule has 0 bridgehead atoms. The van der Waals surface area contributed by atoms with Crippen LogP contribution in [0.1, 0.15) is 34.1 Å². The van der Waals surface area contributed by atoms with Gasteiger partial charge < -0.3 is 14.7 Å². The monoisotopic (exact) mass is 255 g/mol. The molecule has 2 aliphatic rings. The highest BCUT2D eigenvalue weighted by Gasteiger charge is 2.52. The molecule has 102 valence electrons. The number of hydrogen-bond acceptors (Lipinski definition) is 3. The summed E-state index contributed by atoms with van der Waals surface area (Å²) in [5.74, 6) is -1.70. The molecule has 2 atom stereocenters. The van der Waals surface area contributed by atoms with E-state index in [9.17, 15) is 9.59 Å². The molecule has 0 spiro atoms. The minimum atomic E-state index is -0.861. The van der Waals surface area contributed by atoms with Crippen molar-refractivity contribution in [1.29, 1.82) is 0 Å². The second kappa shape index (κ2) is 3.95. The fourth-order valence-electron chi connectivity index (χ4n) is 2.92. The first-order valence-corrected chi connectivity index (χ1v) is 6.33. The molecule has 1 aliphatic heterocycles. The lowest BCUT2D eigenvalue weighted by atomic mass is 9.98. The normalized spacial score (nSPS) is 33.0. The highest BCUT2D eigenvalue weighted by molar-refractivity contribution is 5.89. The van der Waals surface area contributed by atoms with Gasteiger partial charge >= 0.3 is 5.97 Å². The Morgan fingerprint density at radius 3 is 2.00 bits per heavy atom. The molecule has 18 heavy (non-hydrogen) atoms. The maximum absolute atomic E-state index is 12.3. The molecule has 2 unspecified atom stereocenters. The van der Waals surface area contributed by atoms with E-state index in [4.69, 9.17) is 9.84 Å². The minimum Gasteiger partial charge on any atom is -0.481 e. The number of hydrogen-bond donors (Lipinski definition) is 1. The highest BCUT2D eigenvalue weighted by Crippen LogP contribution is 2.41. The van der Waals surface area contributed by atoms with Crippen molar-refractivity contribution in [1.82, 2.24) is 4.90 Å². The Morgan fingerprint density at radius 2 is 1.61 bits per heavy atom. The number of aliphatic carboxylic acids is 1. The number of carbonyl (C=O) groups excluding carboxylic acids is 1. The average Bonchev–Trinajstić information content (AvgIpc) is 2.90. The molecule has 0 aromatic rings. The van der Waals surface area contributed by atoms with Crippen LogP contribution in [0.15, 0.2) is 0 Å². The first-order chi connectivity index (χ1) is 8.11. The van der Waals surface area contributed by atoms with Gasteiger partial charge in [0.2, 0.25) is 5.91 Å². The lowest BCUT2D eigenvalue weighted by Crippen LogP contribution is -2.59. The first kappa shape index (κ1) is 13.3. The van der Waals surface area contributed by atoms with Crippen molar-refractivity contribution in [3.63, 3.8) is 0 Å². The molecular weight excluding hydrogens is 234 g/mol. The molecule has 2 fully saturated rings. The maximum atomic E-state index is 12.3. The van der Waals surface area contributed by atoms with Crippen molar-refractivity contribution >= 4 is 11.9 Å². The highest BCUT2D eigenvalue weighted by atomic mass is 16.5. The quantitative estimate of drug-likeness (QED) is 0.803. The molecule has 5 heteroatoms. The predicted octanol–water partition coefficient (Wildman–Crippen LogP) is 1.12. The Hall–Kier alpha value is -1.10. The molecule has 1 heterocycles. The SMILES string of the molecule is CC1(C)CN(C(=O)C2CC2C(=O)O)CC(C)(C)O1. The van der Waals surface area contributed by atoms with Crippen LogP contribution in [0, 0.1) is 11.8 Å². The molecule has 1 aliphatic carbocycles. The van der Waals surface area contributed by atoms with Gasteiger partial charge in [-0.3, -0.25) is 9.59 Å². The van der Waals surface area contributed by atoms with E-state index >= 15 is 0 Å². The van der Waals surface area contributed by atoms with Crippen LogP contribution >= 0.6 is 0 Å². The lowest BCUT2D eigenvalue weighted by molar-refractivity contribution is -0.188. The van der Waals surface area contributed by atoms with Gasteiger partial charge in [0, 0.05) is 13.1 Å². The number of nitrogens with zero attached hydrogens (tertiary/aromatic N) is 1. The first-order valence-electron chi connectivity index (χ1n) is 6.33. The maximum Gasteiger partial charge on any atom is 0.307 e. The molecule has 0 aromatic carbocycles. The van der Waals surface area contributed by atoms with E-state index in [2.05, 4.69) is 0 Å². The van der Waals surface area contributed by atoms with Crippen molar-refractivity contribution in [3.05, 3.63) is 0 Å². The van der Waals surface area contributed by atoms with Crippen LogP contribution in [0.2, 0.25) is 0 Å². The molecule has 5 nitrogen and oxygen atoms in total. The second-order valence-electron chi connectivity index (χ2n) is 6.60. The third-order valence-corrected chi connectivity index (χ3v) is 3.43. The van der Waals surface area contributed by atoms with Crippen LogP contribution in [0.5, 0.6) is 0 Å². The standard InChI is InChI=1S/C13H21NO4/c1-12(2)6-14(7-13(3,4)18-12)10(15)8-5-9(8)11(16)17/h8-9H,5-7H2,1-4H3,(H,16,17). The van der Waals surface area contributed by atoms with Crippen molar-refractivity contribution in [2.75, 3.05) is 13.1 Å². The van der Waals surface area contributed by atoms with E-state index in [1.807, 2.05) is 27.7 Å². The van der Waals surface area contributed by atoms with Gasteiger partial charge in [-0.05, 0) is 34.1 Å². The molecule has 0 aromatic heterocycles. The third-order valence-electron chi connectivity index (χ3n) is 3.43. The van der Waals surface area contributed by atoms with Gasteiger partial charge in [-0.15, -0.1) is 0 Å². The molecule has 1 saturated carbocycles. The Morgan fingerprint density at radius 1 is 1.11 bits per heavy atom. The van der Waals surface area contributed by atoms with Crippen LogP contribution in [-0.4, -0.2) is 46.2 Å². The number of morpholine rings is 1. The molecule has 1 amide bonds. The smallest absolute Gasteiger partial charge is 0.307 e. The Kier molecular flexibility index (Phi) is 2.93. The second-order valence-corrected chi connectivity index (χ2v) is 6.60. The molecular formula is C13H21NO4. The van der Waals surface area contributed by atoms with Crippen LogP contribution in [0.25, 0.3) is 0 Å². The zero-order valence-electron chi connectivity index (χ0n) is 11.4. The summed E-state index contributed by atoms with van der Waals surface area (Å²) in [5.41, 5.74) is -0.768. The van der Waals surface area contributed by atoms with E-state index in [1.54, 1.807) is 4.90 Å². The third kappa shape index (κ3) is 2.66. The summed E-state index contributed by atoms with van der Waals surface area (Å²) in [6.45, 7) is 8.87. The molecule has 1 saturated heterocycles. The molecule has 0 radical (unpaired) electrons. The summed E-state index contributed by atoms with van der Waals surface area (Å²) >= 11 is 0. The van der Waals surface area contributed by atoms with Crippen molar-refractivity contribution < 1.29 is 19.4 Å². The lowest BCUT2D eigenvalue weighted by Gasteiger charge is -2.47. The van der Waals surface area contributed by atoms with Gasteiger partial charge in [-0.1, -0.05) is 0 Å². The van der Waals surface area contributed by atoms with Crippen LogP contribution < -0.4 is 0 Å². The topological polar surface area (TPSA) is 66.8 Å². The average molecular weight is 255 g/mol. The minimum absolute atomic E-state index is 0.0353. The van der Waals surface area contributed by atoms with Gasteiger partial charge in [-0.2, -0.15) is 0 Å². The van der Waals surface area contributed by atoms with E-state index in [0.29, 0.717) is 19.5 Å². The van der Waals surface area contributed by atoms with Crippen LogP contribution in [0.4, 0.5) is 0 Å².